The van der Waals surface area contributed by atoms with Gasteiger partial charge in [0.05, 0.1) is 0 Å². The molecule has 0 amide bonds. The van der Waals surface area contributed by atoms with Crippen LogP contribution in [0.4, 0.5) is 0 Å². The summed E-state index contributed by atoms with van der Waals surface area (Å²) in [4.78, 5) is 0. The fraction of sp³-hybridized carbons (Fsp3) is 0.385. The highest BCUT2D eigenvalue weighted by Crippen LogP contribution is 1.94. The van der Waals surface area contributed by atoms with Crippen LogP contribution in [0.5, 0.6) is 0 Å². The van der Waals surface area contributed by atoms with E-state index in [1.54, 1.807) is 0 Å². The molecule has 1 rings (SSSR count). The molecule has 1 aromatic rings. The van der Waals surface area contributed by atoms with Crippen molar-refractivity contribution in [1.82, 2.24) is 5.32 Å². The van der Waals surface area contributed by atoms with Crippen LogP contribution >= 0.6 is 0 Å². The maximum absolute atomic E-state index is 3.33. The third kappa shape index (κ3) is 4.69. The average molecular weight is 187 g/mol. The van der Waals surface area contributed by atoms with Crippen LogP contribution in [0.2, 0.25) is 0 Å². The Bertz CT molecular complexity index is 303. The summed E-state index contributed by atoms with van der Waals surface area (Å²) in [6, 6.07) is 10.6. The van der Waals surface area contributed by atoms with Gasteiger partial charge in [0.25, 0.3) is 0 Å². The molecule has 0 radical (unpaired) electrons. The summed E-state index contributed by atoms with van der Waals surface area (Å²) < 4.78 is 0. The summed E-state index contributed by atoms with van der Waals surface area (Å²) in [5, 5.41) is 3.33. The second kappa shape index (κ2) is 6.23. The predicted octanol–water partition coefficient (Wildman–Crippen LogP) is 2.43. The number of rotatable bonds is 3. The van der Waals surface area contributed by atoms with Crippen molar-refractivity contribution in [3.8, 4) is 11.8 Å². The molecule has 1 aromatic carbocycles. The predicted molar refractivity (Wildman–Crippen MR) is 61.1 cm³/mol. The molecule has 0 aliphatic carbocycles. The third-order valence-electron chi connectivity index (χ3n) is 1.81. The first-order valence-electron chi connectivity index (χ1n) is 5.06. The fourth-order valence-corrected chi connectivity index (χ4v) is 1.11. The van der Waals surface area contributed by atoms with E-state index in [9.17, 15) is 0 Å². The maximum Gasteiger partial charge on any atom is 0.0245 e. The highest BCUT2D eigenvalue weighted by Gasteiger charge is 1.88. The van der Waals surface area contributed by atoms with Crippen LogP contribution in [-0.2, 0) is 0 Å². The Kier molecular flexibility index (Phi) is 4.82. The van der Waals surface area contributed by atoms with Crippen LogP contribution < -0.4 is 5.32 Å². The van der Waals surface area contributed by atoms with Crippen molar-refractivity contribution in [2.24, 2.45) is 0 Å². The zero-order chi connectivity index (χ0) is 10.2. The van der Waals surface area contributed by atoms with Crippen molar-refractivity contribution in [2.45, 2.75) is 26.3 Å². The Morgan fingerprint density at radius 1 is 1.21 bits per heavy atom. The minimum Gasteiger partial charge on any atom is -0.314 e. The van der Waals surface area contributed by atoms with E-state index < -0.39 is 0 Å². The lowest BCUT2D eigenvalue weighted by Gasteiger charge is -2.03. The second-order valence-electron chi connectivity index (χ2n) is 3.53. The van der Waals surface area contributed by atoms with Gasteiger partial charge in [0.1, 0.15) is 0 Å². The van der Waals surface area contributed by atoms with E-state index in [0.29, 0.717) is 6.04 Å². The molecule has 0 saturated carbocycles. The Hall–Kier alpha value is -1.26. The van der Waals surface area contributed by atoms with Crippen LogP contribution in [-0.4, -0.2) is 12.6 Å². The van der Waals surface area contributed by atoms with Gasteiger partial charge in [0, 0.05) is 24.6 Å². The van der Waals surface area contributed by atoms with Gasteiger partial charge in [-0.3, -0.25) is 0 Å². The van der Waals surface area contributed by atoms with E-state index in [1.807, 2.05) is 30.3 Å². The molecule has 0 spiro atoms. The summed E-state index contributed by atoms with van der Waals surface area (Å²) in [6.45, 7) is 5.26. The fourth-order valence-electron chi connectivity index (χ4n) is 1.11. The Morgan fingerprint density at radius 3 is 2.57 bits per heavy atom. The molecule has 1 N–H and O–H groups in total. The molecule has 0 aromatic heterocycles. The van der Waals surface area contributed by atoms with Gasteiger partial charge in [-0.2, -0.15) is 0 Å². The summed E-state index contributed by atoms with van der Waals surface area (Å²) in [5.41, 5.74) is 1.09. The van der Waals surface area contributed by atoms with Crippen LogP contribution in [0, 0.1) is 11.8 Å². The summed E-state index contributed by atoms with van der Waals surface area (Å²) in [6.07, 6.45) is 0.910. The minimum absolute atomic E-state index is 0.550. The molecular weight excluding hydrogens is 170 g/mol. The summed E-state index contributed by atoms with van der Waals surface area (Å²) in [7, 11) is 0. The zero-order valence-corrected chi connectivity index (χ0v) is 8.88. The first kappa shape index (κ1) is 10.8. The van der Waals surface area contributed by atoms with Crippen molar-refractivity contribution in [1.29, 1.82) is 0 Å². The van der Waals surface area contributed by atoms with Crippen molar-refractivity contribution >= 4 is 0 Å². The Labute approximate surface area is 86.5 Å². The molecule has 1 nitrogen and oxygen atoms in total. The first-order valence-corrected chi connectivity index (χ1v) is 5.06. The summed E-state index contributed by atoms with van der Waals surface area (Å²) >= 11 is 0. The van der Waals surface area contributed by atoms with E-state index >= 15 is 0 Å². The van der Waals surface area contributed by atoms with Gasteiger partial charge in [0.15, 0.2) is 0 Å². The van der Waals surface area contributed by atoms with Crippen LogP contribution in [0.3, 0.4) is 0 Å². The van der Waals surface area contributed by atoms with Gasteiger partial charge in [0.2, 0.25) is 0 Å². The van der Waals surface area contributed by atoms with Crippen molar-refractivity contribution in [3.63, 3.8) is 0 Å². The highest BCUT2D eigenvalue weighted by molar-refractivity contribution is 5.33. The molecular formula is C13H17N. The SMILES string of the molecule is CC(C)NCCC#Cc1ccccc1. The van der Waals surface area contributed by atoms with E-state index in [0.717, 1.165) is 18.5 Å². The molecule has 0 heterocycles. The Balaban J connectivity index is 2.28. The second-order valence-corrected chi connectivity index (χ2v) is 3.53. The average Bonchev–Trinajstić information content (AvgIpc) is 2.18. The molecule has 0 unspecified atom stereocenters. The van der Waals surface area contributed by atoms with Crippen LogP contribution in [0.1, 0.15) is 25.8 Å². The van der Waals surface area contributed by atoms with Crippen molar-refractivity contribution in [3.05, 3.63) is 35.9 Å². The van der Waals surface area contributed by atoms with E-state index in [-0.39, 0.29) is 0 Å². The molecule has 0 bridgehead atoms. The molecule has 74 valence electrons. The molecule has 0 atom stereocenters. The Morgan fingerprint density at radius 2 is 1.93 bits per heavy atom. The van der Waals surface area contributed by atoms with Gasteiger partial charge >= 0.3 is 0 Å². The molecule has 1 heteroatoms. The normalized spacial score (nSPS) is 9.64. The third-order valence-corrected chi connectivity index (χ3v) is 1.81. The lowest BCUT2D eigenvalue weighted by molar-refractivity contribution is 0.598. The standard InChI is InChI=1S/C13H17N/c1-12(2)14-11-7-6-10-13-8-4-3-5-9-13/h3-5,8-9,12,14H,7,11H2,1-2H3. The molecule has 14 heavy (non-hydrogen) atoms. The van der Waals surface area contributed by atoms with Crippen molar-refractivity contribution in [2.75, 3.05) is 6.54 Å². The quantitative estimate of drug-likeness (QED) is 0.566. The molecule has 0 aliphatic rings. The largest absolute Gasteiger partial charge is 0.314 e. The number of hydrogen-bond donors (Lipinski definition) is 1. The van der Waals surface area contributed by atoms with Crippen molar-refractivity contribution < 1.29 is 0 Å². The summed E-state index contributed by atoms with van der Waals surface area (Å²) in [5.74, 6) is 6.27. The molecule has 0 saturated heterocycles. The smallest absolute Gasteiger partial charge is 0.0245 e. The zero-order valence-electron chi connectivity index (χ0n) is 8.88. The number of nitrogens with one attached hydrogen (secondary N) is 1. The van der Waals surface area contributed by atoms with Gasteiger partial charge in [-0.15, -0.1) is 0 Å². The van der Waals surface area contributed by atoms with Gasteiger partial charge in [-0.25, -0.2) is 0 Å². The number of hydrogen-bond acceptors (Lipinski definition) is 1. The lowest BCUT2D eigenvalue weighted by Crippen LogP contribution is -2.23. The molecule has 0 fully saturated rings. The van der Waals surface area contributed by atoms with Gasteiger partial charge in [-0.05, 0) is 12.1 Å². The van der Waals surface area contributed by atoms with E-state index in [1.165, 1.54) is 0 Å². The lowest BCUT2D eigenvalue weighted by atomic mass is 10.2. The first-order chi connectivity index (χ1) is 6.79. The minimum atomic E-state index is 0.550. The molecule has 0 aliphatic heterocycles. The monoisotopic (exact) mass is 187 g/mol. The number of benzene rings is 1. The van der Waals surface area contributed by atoms with E-state index in [4.69, 9.17) is 0 Å². The van der Waals surface area contributed by atoms with E-state index in [2.05, 4.69) is 31.0 Å². The van der Waals surface area contributed by atoms with Gasteiger partial charge < -0.3 is 5.32 Å². The highest BCUT2D eigenvalue weighted by atomic mass is 14.9. The van der Waals surface area contributed by atoms with Crippen LogP contribution in [0.25, 0.3) is 0 Å². The topological polar surface area (TPSA) is 12.0 Å². The van der Waals surface area contributed by atoms with Gasteiger partial charge in [-0.1, -0.05) is 43.9 Å². The van der Waals surface area contributed by atoms with Crippen LogP contribution in [0.15, 0.2) is 30.3 Å². The maximum atomic E-state index is 3.33.